The summed E-state index contributed by atoms with van der Waals surface area (Å²) in [5, 5.41) is 7.65. The summed E-state index contributed by atoms with van der Waals surface area (Å²) in [5.74, 6) is -0.255. The summed E-state index contributed by atoms with van der Waals surface area (Å²) >= 11 is 5.87. The Bertz CT molecular complexity index is 1030. The van der Waals surface area contributed by atoms with Gasteiger partial charge in [-0.3, -0.25) is 4.79 Å². The van der Waals surface area contributed by atoms with E-state index in [0.717, 1.165) is 11.3 Å². The lowest BCUT2D eigenvalue weighted by Gasteiger charge is -2.07. The van der Waals surface area contributed by atoms with Gasteiger partial charge in [0.1, 0.15) is 0 Å². The maximum Gasteiger partial charge on any atom is 0.240 e. The highest BCUT2D eigenvalue weighted by Crippen LogP contribution is 2.13. The summed E-state index contributed by atoms with van der Waals surface area (Å²) < 4.78 is 28.3. The van der Waals surface area contributed by atoms with E-state index in [0.29, 0.717) is 11.6 Å². The third-order valence-electron chi connectivity index (χ3n) is 3.91. The normalized spacial score (nSPS) is 11.3. The summed E-state index contributed by atoms with van der Waals surface area (Å²) in [6, 6.07) is 15.3. The molecule has 3 rings (SSSR count). The molecule has 28 heavy (non-hydrogen) atoms. The van der Waals surface area contributed by atoms with E-state index in [-0.39, 0.29) is 23.8 Å². The molecule has 0 aliphatic carbocycles. The van der Waals surface area contributed by atoms with Crippen molar-refractivity contribution in [2.75, 3.05) is 6.54 Å². The maximum absolute atomic E-state index is 12.1. The Morgan fingerprint density at radius 2 is 1.79 bits per heavy atom. The fourth-order valence-corrected chi connectivity index (χ4v) is 3.64. The van der Waals surface area contributed by atoms with Gasteiger partial charge in [-0.2, -0.15) is 5.10 Å². The fourth-order valence-electron chi connectivity index (χ4n) is 2.46. The van der Waals surface area contributed by atoms with Gasteiger partial charge in [0.25, 0.3) is 0 Å². The summed E-state index contributed by atoms with van der Waals surface area (Å²) in [6.07, 6.45) is 3.51. The van der Waals surface area contributed by atoms with Gasteiger partial charge in [0, 0.05) is 36.3 Å². The number of hydrogen-bond acceptors (Lipinski definition) is 4. The van der Waals surface area contributed by atoms with E-state index in [1.54, 1.807) is 41.2 Å². The van der Waals surface area contributed by atoms with Crippen LogP contribution in [0.15, 0.2) is 71.9 Å². The Kier molecular flexibility index (Phi) is 6.45. The van der Waals surface area contributed by atoms with Crippen LogP contribution >= 0.6 is 11.6 Å². The van der Waals surface area contributed by atoms with Crippen molar-refractivity contribution in [1.82, 2.24) is 19.8 Å². The third-order valence-corrected chi connectivity index (χ3v) is 5.64. The molecule has 2 N–H and O–H groups in total. The minimum absolute atomic E-state index is 0.0209. The van der Waals surface area contributed by atoms with Gasteiger partial charge in [-0.15, -0.1) is 0 Å². The molecule has 0 bridgehead atoms. The number of rotatable bonds is 8. The van der Waals surface area contributed by atoms with Crippen LogP contribution in [0.25, 0.3) is 5.69 Å². The monoisotopic (exact) mass is 418 g/mol. The number of nitrogens with one attached hydrogen (secondary N) is 2. The van der Waals surface area contributed by atoms with E-state index in [9.17, 15) is 13.2 Å². The smallest absolute Gasteiger partial charge is 0.240 e. The first-order valence-electron chi connectivity index (χ1n) is 8.55. The highest BCUT2D eigenvalue weighted by molar-refractivity contribution is 7.89. The third kappa shape index (κ3) is 5.41. The van der Waals surface area contributed by atoms with E-state index in [4.69, 9.17) is 11.6 Å². The SMILES string of the molecule is O=C(CCNS(=O)(=O)c1ccccc1)NCc1cnn(-c2ccc(Cl)cc2)c1. The van der Waals surface area contributed by atoms with Crippen LogP contribution in [0.1, 0.15) is 12.0 Å². The molecule has 0 spiro atoms. The van der Waals surface area contributed by atoms with Crippen molar-refractivity contribution in [3.05, 3.63) is 77.6 Å². The molecule has 9 heteroatoms. The lowest BCUT2D eigenvalue weighted by molar-refractivity contribution is -0.121. The van der Waals surface area contributed by atoms with Crippen molar-refractivity contribution in [3.8, 4) is 5.69 Å². The van der Waals surface area contributed by atoms with Gasteiger partial charge in [-0.05, 0) is 36.4 Å². The molecular weight excluding hydrogens is 400 g/mol. The van der Waals surface area contributed by atoms with Gasteiger partial charge in [-0.25, -0.2) is 17.8 Å². The van der Waals surface area contributed by atoms with Crippen molar-refractivity contribution in [1.29, 1.82) is 0 Å². The first-order valence-corrected chi connectivity index (χ1v) is 10.4. The molecule has 0 unspecified atom stereocenters. The Morgan fingerprint density at radius 1 is 1.07 bits per heavy atom. The van der Waals surface area contributed by atoms with Crippen LogP contribution in [0.2, 0.25) is 5.02 Å². The van der Waals surface area contributed by atoms with E-state index >= 15 is 0 Å². The molecule has 1 aromatic heterocycles. The van der Waals surface area contributed by atoms with Crippen LogP contribution in [0.4, 0.5) is 0 Å². The Labute approximate surface area is 168 Å². The van der Waals surface area contributed by atoms with Crippen molar-refractivity contribution < 1.29 is 13.2 Å². The molecule has 1 amide bonds. The van der Waals surface area contributed by atoms with E-state index in [2.05, 4.69) is 15.1 Å². The number of hydrogen-bond donors (Lipinski definition) is 2. The predicted molar refractivity (Wildman–Crippen MR) is 107 cm³/mol. The number of sulfonamides is 1. The number of benzene rings is 2. The number of nitrogens with zero attached hydrogens (tertiary/aromatic N) is 2. The molecule has 0 aliphatic rings. The second kappa shape index (κ2) is 9.01. The molecule has 0 saturated carbocycles. The molecule has 0 fully saturated rings. The zero-order valence-corrected chi connectivity index (χ0v) is 16.4. The Morgan fingerprint density at radius 3 is 2.50 bits per heavy atom. The summed E-state index contributed by atoms with van der Waals surface area (Å²) in [4.78, 5) is 12.1. The van der Waals surface area contributed by atoms with Gasteiger partial charge < -0.3 is 5.32 Å². The van der Waals surface area contributed by atoms with E-state index in [1.807, 2.05) is 18.3 Å². The molecule has 1 heterocycles. The lowest BCUT2D eigenvalue weighted by Crippen LogP contribution is -2.30. The van der Waals surface area contributed by atoms with E-state index in [1.165, 1.54) is 12.1 Å². The predicted octanol–water partition coefficient (Wildman–Crippen LogP) is 2.51. The molecule has 0 saturated heterocycles. The number of aromatic nitrogens is 2. The highest BCUT2D eigenvalue weighted by atomic mass is 35.5. The minimum atomic E-state index is -3.61. The fraction of sp³-hybridized carbons (Fsp3) is 0.158. The maximum atomic E-state index is 12.1. The average molecular weight is 419 g/mol. The van der Waals surface area contributed by atoms with Crippen molar-refractivity contribution in [2.24, 2.45) is 0 Å². The first kappa shape index (κ1) is 20.1. The zero-order chi connectivity index (χ0) is 20.0. The second-order valence-corrected chi connectivity index (χ2v) is 8.21. The van der Waals surface area contributed by atoms with Gasteiger partial charge in [0.15, 0.2) is 0 Å². The molecule has 0 radical (unpaired) electrons. The largest absolute Gasteiger partial charge is 0.352 e. The molecule has 0 aliphatic heterocycles. The number of carbonyl (C=O) groups excluding carboxylic acids is 1. The van der Waals surface area contributed by atoms with Crippen LogP contribution in [-0.4, -0.2) is 30.7 Å². The molecule has 2 aromatic carbocycles. The van der Waals surface area contributed by atoms with Crippen LogP contribution in [-0.2, 0) is 21.4 Å². The molecular formula is C19H19ClN4O3S. The molecule has 146 valence electrons. The van der Waals surface area contributed by atoms with Gasteiger partial charge in [0.05, 0.1) is 16.8 Å². The second-order valence-electron chi connectivity index (χ2n) is 6.01. The summed E-state index contributed by atoms with van der Waals surface area (Å²) in [7, 11) is -3.61. The topological polar surface area (TPSA) is 93.1 Å². The standard InChI is InChI=1S/C19H19ClN4O3S/c20-16-6-8-17(9-7-16)24-14-15(13-22-24)12-21-19(25)10-11-23-28(26,27)18-4-2-1-3-5-18/h1-9,13-14,23H,10-12H2,(H,21,25). The van der Waals surface area contributed by atoms with Crippen molar-refractivity contribution in [3.63, 3.8) is 0 Å². The lowest BCUT2D eigenvalue weighted by atomic mass is 10.3. The van der Waals surface area contributed by atoms with Crippen LogP contribution in [0, 0.1) is 0 Å². The van der Waals surface area contributed by atoms with Crippen molar-refractivity contribution >= 4 is 27.5 Å². The quantitative estimate of drug-likeness (QED) is 0.587. The van der Waals surface area contributed by atoms with Crippen LogP contribution in [0.3, 0.4) is 0 Å². The summed E-state index contributed by atoms with van der Waals surface area (Å²) in [5.41, 5.74) is 1.69. The van der Waals surface area contributed by atoms with E-state index < -0.39 is 10.0 Å². The minimum Gasteiger partial charge on any atom is -0.352 e. The average Bonchev–Trinajstić information content (AvgIpc) is 3.16. The van der Waals surface area contributed by atoms with Gasteiger partial charge >= 0.3 is 0 Å². The van der Waals surface area contributed by atoms with Gasteiger partial charge in [-0.1, -0.05) is 29.8 Å². The van der Waals surface area contributed by atoms with Crippen molar-refractivity contribution in [2.45, 2.75) is 17.9 Å². The van der Waals surface area contributed by atoms with Crippen LogP contribution in [0.5, 0.6) is 0 Å². The van der Waals surface area contributed by atoms with Crippen LogP contribution < -0.4 is 10.0 Å². The summed E-state index contributed by atoms with van der Waals surface area (Å²) in [6.45, 7) is 0.324. The zero-order valence-electron chi connectivity index (χ0n) is 14.9. The molecule has 7 nitrogen and oxygen atoms in total. The number of halogens is 1. The first-order chi connectivity index (χ1) is 13.4. The number of amides is 1. The Hall–Kier alpha value is -2.68. The molecule has 0 atom stereocenters. The highest BCUT2D eigenvalue weighted by Gasteiger charge is 2.13. The molecule has 3 aromatic rings. The van der Waals surface area contributed by atoms with Gasteiger partial charge in [0.2, 0.25) is 15.9 Å². The number of carbonyl (C=O) groups is 1. The Balaban J connectivity index is 1.45.